The van der Waals surface area contributed by atoms with E-state index in [1.165, 1.54) is 6.26 Å². The maximum absolute atomic E-state index is 12.2. The quantitative estimate of drug-likeness (QED) is 0.675. The van der Waals surface area contributed by atoms with Crippen molar-refractivity contribution >= 4 is 32.0 Å². The van der Waals surface area contributed by atoms with Crippen LogP contribution in [0.4, 0.5) is 10.8 Å². The second kappa shape index (κ2) is 8.69. The molecule has 2 heterocycles. The molecule has 0 amide bonds. The molecule has 3 rings (SSSR count). The highest BCUT2D eigenvalue weighted by Crippen LogP contribution is 2.37. The van der Waals surface area contributed by atoms with Gasteiger partial charge in [0.15, 0.2) is 15.0 Å². The molecule has 1 atom stereocenters. The number of benzene rings is 1. The van der Waals surface area contributed by atoms with Crippen LogP contribution < -0.4 is 9.80 Å². The second-order valence-electron chi connectivity index (χ2n) is 9.14. The molecule has 172 valence electrons. The number of aliphatic hydroxyl groups is 2. The number of nitrogens with zero attached hydrogens (tertiary/aromatic N) is 3. The standard InChI is InChI=1S/C22H33N3O4S2/c1-14(2)18-12-24(17-8-7-16(13-26)19(11-17)31(6,28)29)9-10-25(18)21-23-15(3)20(30-21)22(4,5)27/h7-8,11,14,18,26-27H,9-10,12-13H2,1-6H3/t18-/m0/s1. The van der Waals surface area contributed by atoms with Gasteiger partial charge in [-0.25, -0.2) is 13.4 Å². The third-order valence-electron chi connectivity index (χ3n) is 5.76. The number of hydrogen-bond acceptors (Lipinski definition) is 8. The number of aromatic nitrogens is 1. The van der Waals surface area contributed by atoms with Crippen molar-refractivity contribution in [3.05, 3.63) is 34.3 Å². The summed E-state index contributed by atoms with van der Waals surface area (Å²) in [4.78, 5) is 10.3. The number of hydrogen-bond donors (Lipinski definition) is 2. The van der Waals surface area contributed by atoms with Crippen LogP contribution in [0.1, 0.15) is 43.8 Å². The van der Waals surface area contributed by atoms with Gasteiger partial charge in [-0.1, -0.05) is 31.3 Å². The number of thiazole rings is 1. The summed E-state index contributed by atoms with van der Waals surface area (Å²) in [6.07, 6.45) is 1.17. The van der Waals surface area contributed by atoms with Gasteiger partial charge in [-0.15, -0.1) is 0 Å². The van der Waals surface area contributed by atoms with Gasteiger partial charge in [-0.05, 0) is 44.4 Å². The van der Waals surface area contributed by atoms with Crippen LogP contribution in [-0.2, 0) is 22.0 Å². The van der Waals surface area contributed by atoms with Crippen LogP contribution in [0, 0.1) is 12.8 Å². The predicted molar refractivity (Wildman–Crippen MR) is 126 cm³/mol. The third kappa shape index (κ3) is 5.05. The van der Waals surface area contributed by atoms with Gasteiger partial charge in [-0.3, -0.25) is 0 Å². The third-order valence-corrected chi connectivity index (χ3v) is 8.45. The van der Waals surface area contributed by atoms with E-state index >= 15 is 0 Å². The molecule has 1 aromatic carbocycles. The van der Waals surface area contributed by atoms with Crippen molar-refractivity contribution in [3.8, 4) is 0 Å². The average Bonchev–Trinajstić information content (AvgIpc) is 3.08. The minimum atomic E-state index is -3.44. The first-order valence-corrected chi connectivity index (χ1v) is 13.2. The zero-order valence-electron chi connectivity index (χ0n) is 19.1. The zero-order chi connectivity index (χ0) is 23.1. The lowest BCUT2D eigenvalue weighted by molar-refractivity contribution is 0.0817. The van der Waals surface area contributed by atoms with E-state index in [4.69, 9.17) is 4.98 Å². The Kier molecular flexibility index (Phi) is 6.72. The van der Waals surface area contributed by atoms with Crippen molar-refractivity contribution in [3.63, 3.8) is 0 Å². The summed E-state index contributed by atoms with van der Waals surface area (Å²) < 4.78 is 24.4. The molecule has 31 heavy (non-hydrogen) atoms. The van der Waals surface area contributed by atoms with E-state index in [9.17, 15) is 18.6 Å². The average molecular weight is 468 g/mol. The Balaban J connectivity index is 1.91. The molecule has 0 radical (unpaired) electrons. The van der Waals surface area contributed by atoms with E-state index < -0.39 is 15.4 Å². The van der Waals surface area contributed by atoms with Crippen LogP contribution in [0.2, 0.25) is 0 Å². The summed E-state index contributed by atoms with van der Waals surface area (Å²) in [6.45, 7) is 11.7. The van der Waals surface area contributed by atoms with Crippen LogP contribution in [-0.4, -0.2) is 55.5 Å². The van der Waals surface area contributed by atoms with Gasteiger partial charge < -0.3 is 20.0 Å². The maximum atomic E-state index is 12.2. The summed E-state index contributed by atoms with van der Waals surface area (Å²) in [5, 5.41) is 20.9. The largest absolute Gasteiger partial charge is 0.392 e. The van der Waals surface area contributed by atoms with Gasteiger partial charge in [0.25, 0.3) is 0 Å². The first-order valence-electron chi connectivity index (χ1n) is 10.5. The molecule has 1 saturated heterocycles. The summed E-state index contributed by atoms with van der Waals surface area (Å²) >= 11 is 1.54. The SMILES string of the molecule is Cc1nc(N2CCN(c3ccc(CO)c(S(C)(=O)=O)c3)C[C@H]2C(C)C)sc1C(C)(C)O. The molecule has 7 nitrogen and oxygen atoms in total. The molecule has 0 spiro atoms. The molecule has 2 aromatic rings. The Bertz CT molecular complexity index is 1040. The van der Waals surface area contributed by atoms with Crippen LogP contribution >= 0.6 is 11.3 Å². The second-order valence-corrected chi connectivity index (χ2v) is 12.1. The molecule has 1 aromatic heterocycles. The predicted octanol–water partition coefficient (Wildman–Crippen LogP) is 2.93. The van der Waals surface area contributed by atoms with E-state index in [-0.39, 0.29) is 17.5 Å². The minimum Gasteiger partial charge on any atom is -0.392 e. The number of rotatable bonds is 6. The van der Waals surface area contributed by atoms with E-state index in [1.54, 1.807) is 37.3 Å². The lowest BCUT2D eigenvalue weighted by Crippen LogP contribution is -2.55. The monoisotopic (exact) mass is 467 g/mol. The van der Waals surface area contributed by atoms with Gasteiger partial charge in [0.1, 0.15) is 0 Å². The molecule has 1 aliphatic rings. The summed E-state index contributed by atoms with van der Waals surface area (Å²) in [6, 6.07) is 5.44. The van der Waals surface area contributed by atoms with Gasteiger partial charge in [-0.2, -0.15) is 0 Å². The summed E-state index contributed by atoms with van der Waals surface area (Å²) in [5.74, 6) is 0.351. The number of anilines is 2. The normalized spacial score (nSPS) is 18.2. The number of piperazine rings is 1. The van der Waals surface area contributed by atoms with Crippen LogP contribution in [0.15, 0.2) is 23.1 Å². The van der Waals surface area contributed by atoms with Crippen molar-refractivity contribution in [1.82, 2.24) is 4.98 Å². The Morgan fingerprint density at radius 2 is 1.97 bits per heavy atom. The van der Waals surface area contributed by atoms with E-state index in [0.29, 0.717) is 11.5 Å². The van der Waals surface area contributed by atoms with E-state index in [2.05, 4.69) is 23.6 Å². The van der Waals surface area contributed by atoms with Crippen molar-refractivity contribution in [2.45, 2.75) is 57.8 Å². The topological polar surface area (TPSA) is 94.0 Å². The van der Waals surface area contributed by atoms with Gasteiger partial charge in [0.05, 0.1) is 33.7 Å². The fourth-order valence-electron chi connectivity index (χ4n) is 4.14. The minimum absolute atomic E-state index is 0.182. The Morgan fingerprint density at radius 1 is 1.29 bits per heavy atom. The lowest BCUT2D eigenvalue weighted by Gasteiger charge is -2.44. The molecule has 0 bridgehead atoms. The highest BCUT2D eigenvalue weighted by atomic mass is 32.2. The Hall–Kier alpha value is -1.68. The summed E-state index contributed by atoms with van der Waals surface area (Å²) in [5.41, 5.74) is 1.19. The lowest BCUT2D eigenvalue weighted by atomic mass is 9.99. The Morgan fingerprint density at radius 3 is 2.48 bits per heavy atom. The molecule has 0 aliphatic carbocycles. The maximum Gasteiger partial charge on any atom is 0.186 e. The molecular formula is C22H33N3O4S2. The number of sulfone groups is 1. The first-order chi connectivity index (χ1) is 14.3. The number of aliphatic hydroxyl groups excluding tert-OH is 1. The smallest absolute Gasteiger partial charge is 0.186 e. The van der Waals surface area contributed by atoms with Crippen molar-refractivity contribution in [2.24, 2.45) is 5.92 Å². The fourth-order valence-corrected chi connectivity index (χ4v) is 6.24. The molecule has 0 unspecified atom stereocenters. The molecule has 2 N–H and O–H groups in total. The van der Waals surface area contributed by atoms with Gasteiger partial charge in [0.2, 0.25) is 0 Å². The van der Waals surface area contributed by atoms with Gasteiger partial charge >= 0.3 is 0 Å². The molecule has 1 aliphatic heterocycles. The molecule has 0 saturated carbocycles. The zero-order valence-corrected chi connectivity index (χ0v) is 20.7. The molecule has 1 fully saturated rings. The van der Waals surface area contributed by atoms with Crippen molar-refractivity contribution < 1.29 is 18.6 Å². The van der Waals surface area contributed by atoms with Gasteiger partial charge in [0, 0.05) is 31.6 Å². The highest BCUT2D eigenvalue weighted by Gasteiger charge is 2.33. The molecule has 9 heteroatoms. The Labute approximate surface area is 189 Å². The first kappa shape index (κ1) is 24.0. The highest BCUT2D eigenvalue weighted by molar-refractivity contribution is 7.90. The van der Waals surface area contributed by atoms with Crippen molar-refractivity contribution in [1.29, 1.82) is 0 Å². The fraction of sp³-hybridized carbons (Fsp3) is 0.591. The van der Waals surface area contributed by atoms with Crippen molar-refractivity contribution in [2.75, 3.05) is 35.7 Å². The summed E-state index contributed by atoms with van der Waals surface area (Å²) in [7, 11) is -3.44. The molecular weight excluding hydrogens is 434 g/mol. The van der Waals surface area contributed by atoms with Crippen LogP contribution in [0.5, 0.6) is 0 Å². The van der Waals surface area contributed by atoms with E-state index in [0.717, 1.165) is 41.0 Å². The number of aryl methyl sites for hydroxylation is 1. The van der Waals surface area contributed by atoms with Crippen LogP contribution in [0.3, 0.4) is 0 Å². The van der Waals surface area contributed by atoms with E-state index in [1.807, 2.05) is 13.0 Å². The van der Waals surface area contributed by atoms with Crippen LogP contribution in [0.25, 0.3) is 0 Å².